The topological polar surface area (TPSA) is 76.1 Å². The number of benzene rings is 1. The van der Waals surface area contributed by atoms with Crippen molar-refractivity contribution >= 4 is 11.9 Å². The molecule has 1 aromatic rings. The number of carbonyl (C=O) groups excluding carboxylic acids is 2. The predicted molar refractivity (Wildman–Crippen MR) is 159 cm³/mol. The van der Waals surface area contributed by atoms with Crippen molar-refractivity contribution in [2.45, 2.75) is 95.6 Å². The fourth-order valence-corrected chi connectivity index (χ4v) is 11.6. The number of allylic oxidation sites excluding steroid dienone is 4. The molecule has 1 N–H and O–H groups in total. The number of aliphatic hydroxyl groups excluding tert-OH is 1. The average molecular weight is 626 g/mol. The molecule has 0 radical (unpaired) electrons. The van der Waals surface area contributed by atoms with Crippen molar-refractivity contribution in [3.63, 3.8) is 0 Å². The Bertz CT molecular complexity index is 1520. The molecule has 6 nitrogen and oxygen atoms in total. The molecular weight excluding hydrogens is 583 g/mol. The van der Waals surface area contributed by atoms with Gasteiger partial charge in [0.05, 0.1) is 30.9 Å². The zero-order chi connectivity index (χ0) is 31.6. The van der Waals surface area contributed by atoms with Crippen LogP contribution in [-0.2, 0) is 15.7 Å². The van der Waals surface area contributed by atoms with Crippen molar-refractivity contribution in [2.24, 2.45) is 33.5 Å². The Kier molecular flexibility index (Phi) is 6.25. The monoisotopic (exact) mass is 625 g/mol. The molecule has 2 saturated heterocycles. The second-order valence-corrected chi connectivity index (χ2v) is 15.6. The fourth-order valence-electron chi connectivity index (χ4n) is 11.6. The van der Waals surface area contributed by atoms with Crippen LogP contribution in [-0.4, -0.2) is 59.4 Å². The molecule has 9 heteroatoms. The van der Waals surface area contributed by atoms with E-state index in [2.05, 4.69) is 32.1 Å². The minimum absolute atomic E-state index is 0.0148. The maximum Gasteiger partial charge on any atom is 0.416 e. The fraction of sp³-hybridized carbons (Fsp3) is 0.667. The molecule has 8 aliphatic rings. The molecule has 9 rings (SSSR count). The number of Topliss-reactive ketones (excluding diaryl/α,β-unsaturated/α-hetero) is 1. The van der Waals surface area contributed by atoms with Crippen LogP contribution in [0.4, 0.5) is 18.0 Å². The minimum atomic E-state index is -4.56. The second-order valence-electron chi connectivity index (χ2n) is 15.6. The van der Waals surface area contributed by atoms with Gasteiger partial charge in [0.15, 0.2) is 5.78 Å². The largest absolute Gasteiger partial charge is 0.440 e. The van der Waals surface area contributed by atoms with Gasteiger partial charge in [0.25, 0.3) is 0 Å². The highest BCUT2D eigenvalue weighted by Crippen LogP contribution is 2.79. The summed E-state index contributed by atoms with van der Waals surface area (Å²) < 4.78 is 53.6. The van der Waals surface area contributed by atoms with Gasteiger partial charge in [0, 0.05) is 34.0 Å². The number of rotatable bonds is 4. The number of hydrogen-bond donors (Lipinski definition) is 1. The molecule has 3 saturated carbocycles. The van der Waals surface area contributed by atoms with Crippen LogP contribution in [0.1, 0.15) is 87.6 Å². The number of alkyl halides is 3. The second kappa shape index (κ2) is 9.46. The normalized spacial score (nSPS) is 44.9. The first-order valence-electron chi connectivity index (χ1n) is 16.7. The highest BCUT2D eigenvalue weighted by Gasteiger charge is 2.76. The SMILES string of the molecule is C[C@]12CC[C@H]3[C@@]4(C=C[C@@]5(C=C4C(=O)c4cccc(C(F)(F)F)c4)C[C@@H](O)CC[C@]35C)[C@@H]1CC[C@@]21CN(C[C@H]2CCCO2)C(=O)O1. The van der Waals surface area contributed by atoms with Crippen molar-refractivity contribution in [1.82, 2.24) is 4.90 Å². The number of hydrogen-bond acceptors (Lipinski definition) is 5. The maximum atomic E-state index is 14.6. The van der Waals surface area contributed by atoms with Gasteiger partial charge in [-0.25, -0.2) is 4.79 Å². The summed E-state index contributed by atoms with van der Waals surface area (Å²) in [4.78, 5) is 29.8. The van der Waals surface area contributed by atoms with Gasteiger partial charge in [-0.2, -0.15) is 13.2 Å². The number of aliphatic hydroxyl groups is 1. The van der Waals surface area contributed by atoms with Crippen LogP contribution in [0.15, 0.2) is 48.1 Å². The van der Waals surface area contributed by atoms with Gasteiger partial charge < -0.3 is 19.5 Å². The Balaban J connectivity index is 1.23. The van der Waals surface area contributed by atoms with Crippen LogP contribution >= 0.6 is 0 Å². The molecule has 2 bridgehead atoms. The van der Waals surface area contributed by atoms with Crippen LogP contribution < -0.4 is 0 Å². The zero-order valence-corrected chi connectivity index (χ0v) is 26.0. The van der Waals surface area contributed by atoms with Crippen LogP contribution in [0, 0.1) is 33.5 Å². The molecule has 6 aliphatic carbocycles. The molecule has 9 atom stereocenters. The smallest absolute Gasteiger partial charge is 0.416 e. The van der Waals surface area contributed by atoms with Crippen LogP contribution in [0.25, 0.3) is 0 Å². The van der Waals surface area contributed by atoms with Crippen LogP contribution in [0.2, 0.25) is 0 Å². The first-order chi connectivity index (χ1) is 21.3. The van der Waals surface area contributed by atoms with E-state index < -0.39 is 39.7 Å². The third-order valence-corrected chi connectivity index (χ3v) is 13.8. The van der Waals surface area contributed by atoms with E-state index in [1.54, 1.807) is 0 Å². The Hall–Kier alpha value is -2.65. The molecule has 0 aromatic heterocycles. The minimum Gasteiger partial charge on any atom is -0.440 e. The molecular formula is C36H42F3NO5. The number of halogens is 3. The standard InChI is InChI=1S/C36H42F3NO5/c1-31-11-8-24(41)18-33(31)14-15-35(26(19-33)29(42)22-5-3-6-23(17-22)36(37,38)39)27(31)9-12-32(2)28(35)10-13-34(32)21-40(30(43)45-34)20-25-7-4-16-44-25/h3,5-6,14-15,17,19,24-25,27-28,41H,4,7-13,16,18,20-21H2,1-2H3/t24-,25+,27+,28+,31+,32-,33-,34+,35-/m0/s1. The number of carbonyl (C=O) groups is 2. The lowest BCUT2D eigenvalue weighted by Gasteiger charge is -2.71. The van der Waals surface area contributed by atoms with Crippen molar-refractivity contribution in [3.05, 3.63) is 59.2 Å². The number of ether oxygens (including phenoxy) is 2. The molecule has 3 spiro atoms. The van der Waals surface area contributed by atoms with E-state index >= 15 is 0 Å². The Morgan fingerprint density at radius 2 is 1.80 bits per heavy atom. The van der Waals surface area contributed by atoms with Crippen molar-refractivity contribution in [3.8, 4) is 0 Å². The third kappa shape index (κ3) is 3.83. The first kappa shape index (κ1) is 29.7. The molecule has 5 fully saturated rings. The number of ketones is 1. The van der Waals surface area contributed by atoms with Gasteiger partial charge in [-0.1, -0.05) is 44.2 Å². The highest BCUT2D eigenvalue weighted by atomic mass is 19.4. The molecule has 1 amide bonds. The predicted octanol–water partition coefficient (Wildman–Crippen LogP) is 7.12. The number of fused-ring (bicyclic) bond motifs is 2. The molecule has 0 unspecified atom stereocenters. The van der Waals surface area contributed by atoms with Gasteiger partial charge in [-0.15, -0.1) is 0 Å². The summed E-state index contributed by atoms with van der Waals surface area (Å²) in [6.07, 6.45) is 8.08. The summed E-state index contributed by atoms with van der Waals surface area (Å²) >= 11 is 0. The summed E-state index contributed by atoms with van der Waals surface area (Å²) in [5.41, 5.74) is -2.86. The van der Waals surface area contributed by atoms with Crippen molar-refractivity contribution < 1.29 is 37.3 Å². The number of amides is 1. The Morgan fingerprint density at radius 1 is 1.04 bits per heavy atom. The third-order valence-electron chi connectivity index (χ3n) is 13.8. The lowest BCUT2D eigenvalue weighted by Crippen LogP contribution is -2.67. The summed E-state index contributed by atoms with van der Waals surface area (Å²) in [6.45, 7) is 6.23. The lowest BCUT2D eigenvalue weighted by molar-refractivity contribution is -0.164. The van der Waals surface area contributed by atoms with Gasteiger partial charge in [0.1, 0.15) is 5.60 Å². The molecule has 2 heterocycles. The van der Waals surface area contributed by atoms with E-state index in [1.165, 1.54) is 12.1 Å². The van der Waals surface area contributed by atoms with Gasteiger partial charge in [0.2, 0.25) is 0 Å². The summed E-state index contributed by atoms with van der Waals surface area (Å²) in [5, 5.41) is 10.9. The summed E-state index contributed by atoms with van der Waals surface area (Å²) in [7, 11) is 0. The van der Waals surface area contributed by atoms with Gasteiger partial charge in [-0.3, -0.25) is 4.79 Å². The van der Waals surface area contributed by atoms with Crippen molar-refractivity contribution in [2.75, 3.05) is 19.7 Å². The van der Waals surface area contributed by atoms with Crippen LogP contribution in [0.5, 0.6) is 0 Å². The molecule has 1 aromatic carbocycles. The highest BCUT2D eigenvalue weighted by molar-refractivity contribution is 6.10. The molecule has 242 valence electrons. The maximum absolute atomic E-state index is 14.6. The van der Waals surface area contributed by atoms with Crippen LogP contribution in [0.3, 0.4) is 0 Å². The Labute approximate surface area is 262 Å². The average Bonchev–Trinajstić information content (AvgIpc) is 3.70. The van der Waals surface area contributed by atoms with Crippen molar-refractivity contribution in [1.29, 1.82) is 0 Å². The summed E-state index contributed by atoms with van der Waals surface area (Å²) in [5.74, 6) is -0.338. The summed E-state index contributed by atoms with van der Waals surface area (Å²) in [6, 6.07) is 4.78. The zero-order valence-electron chi connectivity index (χ0n) is 26.0. The van der Waals surface area contributed by atoms with E-state index in [0.29, 0.717) is 44.5 Å². The molecule has 2 aliphatic heterocycles. The quantitative estimate of drug-likeness (QED) is 0.285. The van der Waals surface area contributed by atoms with E-state index in [4.69, 9.17) is 9.47 Å². The number of nitrogens with zero attached hydrogens (tertiary/aromatic N) is 1. The molecule has 45 heavy (non-hydrogen) atoms. The van der Waals surface area contributed by atoms with E-state index in [1.807, 2.05) is 4.90 Å². The van der Waals surface area contributed by atoms with E-state index in [0.717, 1.165) is 50.7 Å². The van der Waals surface area contributed by atoms with E-state index in [-0.39, 0.29) is 40.8 Å². The first-order valence-corrected chi connectivity index (χ1v) is 16.7. The van der Waals surface area contributed by atoms with E-state index in [9.17, 15) is 27.9 Å². The van der Waals surface area contributed by atoms with Gasteiger partial charge in [-0.05, 0) is 87.2 Å². The lowest BCUT2D eigenvalue weighted by atomic mass is 9.32. The van der Waals surface area contributed by atoms with Gasteiger partial charge >= 0.3 is 12.3 Å². The Morgan fingerprint density at radius 3 is 2.56 bits per heavy atom.